The fraction of sp³-hybridized carbons (Fsp3) is 0.120. The molecular weight excluding hydrogens is 426 g/mol. The number of allylic oxidation sites excluding steroid dienone is 2. The maximum Gasteiger partial charge on any atom is 0.282 e. The van der Waals surface area contributed by atoms with Crippen LogP contribution in [0.15, 0.2) is 98.0 Å². The second-order valence-corrected chi connectivity index (χ2v) is 9.97. The maximum absolute atomic E-state index is 13.0. The molecule has 3 aromatic carbocycles. The molecule has 0 amide bonds. The van der Waals surface area contributed by atoms with Crippen LogP contribution in [0.2, 0.25) is 0 Å². The van der Waals surface area contributed by atoms with Gasteiger partial charge in [-0.05, 0) is 49.2 Å². The predicted molar refractivity (Wildman–Crippen MR) is 125 cm³/mol. The van der Waals surface area contributed by atoms with Crippen LogP contribution in [-0.2, 0) is 16.4 Å². The fourth-order valence-corrected chi connectivity index (χ4v) is 5.16. The Morgan fingerprint density at radius 2 is 1.52 bits per heavy atom. The van der Waals surface area contributed by atoms with Crippen LogP contribution in [0, 0.1) is 6.92 Å². The standard InChI is InChI=1S/C25H21NO3S2/c1-3-18-10-14-20(15-11-18)31(28,29)26-23-16-24(30-19-12-8-17(2)9-13-19)25(27)22-7-5-4-6-21(22)23/h4-16H,3H2,1-2H3/b26-23-. The summed E-state index contributed by atoms with van der Waals surface area (Å²) < 4.78 is 30.1. The van der Waals surface area contributed by atoms with Crippen LogP contribution in [-0.4, -0.2) is 19.9 Å². The number of fused-ring (bicyclic) bond motifs is 1. The smallest absolute Gasteiger partial charge is 0.282 e. The molecule has 31 heavy (non-hydrogen) atoms. The average molecular weight is 448 g/mol. The zero-order chi connectivity index (χ0) is 22.0. The number of sulfonamides is 1. The van der Waals surface area contributed by atoms with Gasteiger partial charge in [0.2, 0.25) is 0 Å². The van der Waals surface area contributed by atoms with Gasteiger partial charge in [-0.15, -0.1) is 0 Å². The number of ketones is 1. The summed E-state index contributed by atoms with van der Waals surface area (Å²) in [5.74, 6) is -0.134. The molecular formula is C25H21NO3S2. The van der Waals surface area contributed by atoms with Crippen LogP contribution in [0.5, 0.6) is 0 Å². The van der Waals surface area contributed by atoms with Crippen LogP contribution in [0.25, 0.3) is 0 Å². The van der Waals surface area contributed by atoms with Crippen LogP contribution < -0.4 is 0 Å². The van der Waals surface area contributed by atoms with Gasteiger partial charge in [-0.1, -0.05) is 72.8 Å². The van der Waals surface area contributed by atoms with E-state index in [-0.39, 0.29) is 16.4 Å². The van der Waals surface area contributed by atoms with Gasteiger partial charge in [0.15, 0.2) is 5.78 Å². The van der Waals surface area contributed by atoms with Gasteiger partial charge in [0.1, 0.15) is 0 Å². The summed E-state index contributed by atoms with van der Waals surface area (Å²) in [6.45, 7) is 4.01. The van der Waals surface area contributed by atoms with Gasteiger partial charge in [0.05, 0.1) is 15.5 Å². The molecule has 156 valence electrons. The molecule has 0 atom stereocenters. The molecule has 6 heteroatoms. The Kier molecular flexibility index (Phi) is 5.94. The summed E-state index contributed by atoms with van der Waals surface area (Å²) >= 11 is 1.31. The summed E-state index contributed by atoms with van der Waals surface area (Å²) in [6.07, 6.45) is 2.40. The number of hydrogen-bond acceptors (Lipinski definition) is 4. The van der Waals surface area contributed by atoms with Crippen molar-refractivity contribution in [2.24, 2.45) is 4.40 Å². The molecule has 0 saturated heterocycles. The summed E-state index contributed by atoms with van der Waals surface area (Å²) in [6, 6.07) is 21.5. The zero-order valence-corrected chi connectivity index (χ0v) is 18.8. The number of carbonyl (C=O) groups excluding carboxylic acids is 1. The monoisotopic (exact) mass is 447 g/mol. The van der Waals surface area contributed by atoms with E-state index in [4.69, 9.17) is 0 Å². The summed E-state index contributed by atoms with van der Waals surface area (Å²) in [4.78, 5) is 14.5. The molecule has 0 radical (unpaired) electrons. The topological polar surface area (TPSA) is 63.6 Å². The number of thioether (sulfide) groups is 1. The molecule has 1 aliphatic carbocycles. The largest absolute Gasteiger partial charge is 0.288 e. The average Bonchev–Trinajstić information content (AvgIpc) is 2.78. The molecule has 0 aromatic heterocycles. The van der Waals surface area contributed by atoms with Gasteiger partial charge < -0.3 is 0 Å². The summed E-state index contributed by atoms with van der Waals surface area (Å²) in [7, 11) is -3.92. The zero-order valence-electron chi connectivity index (χ0n) is 17.2. The van der Waals surface area contributed by atoms with Crippen LogP contribution in [0.3, 0.4) is 0 Å². The lowest BCUT2D eigenvalue weighted by Gasteiger charge is -2.17. The first-order valence-electron chi connectivity index (χ1n) is 9.91. The maximum atomic E-state index is 13.0. The molecule has 4 nitrogen and oxygen atoms in total. The molecule has 0 spiro atoms. The molecule has 3 aromatic rings. The van der Waals surface area contributed by atoms with Crippen LogP contribution >= 0.6 is 11.8 Å². The van der Waals surface area contributed by atoms with E-state index >= 15 is 0 Å². The number of carbonyl (C=O) groups is 1. The number of rotatable bonds is 5. The molecule has 0 heterocycles. The lowest BCUT2D eigenvalue weighted by Crippen LogP contribution is -2.17. The highest BCUT2D eigenvalue weighted by molar-refractivity contribution is 8.04. The first kappa shape index (κ1) is 21.3. The van der Waals surface area contributed by atoms with E-state index in [2.05, 4.69) is 4.40 Å². The molecule has 0 saturated carbocycles. The van der Waals surface area contributed by atoms with Gasteiger partial charge in [-0.2, -0.15) is 12.8 Å². The minimum Gasteiger partial charge on any atom is -0.288 e. The van der Waals surface area contributed by atoms with Crippen molar-refractivity contribution < 1.29 is 13.2 Å². The van der Waals surface area contributed by atoms with E-state index in [1.54, 1.807) is 54.6 Å². The van der Waals surface area contributed by atoms with Crippen molar-refractivity contribution in [1.29, 1.82) is 0 Å². The number of nitrogens with zero attached hydrogens (tertiary/aromatic N) is 1. The third kappa shape index (κ3) is 4.55. The number of aryl methyl sites for hydroxylation is 2. The van der Waals surface area contributed by atoms with Crippen LogP contribution in [0.1, 0.15) is 34.0 Å². The molecule has 0 fully saturated rings. The van der Waals surface area contributed by atoms with Crippen LogP contribution in [0.4, 0.5) is 0 Å². The SMILES string of the molecule is CCc1ccc(S(=O)(=O)/N=C2/C=C(Sc3ccc(C)cc3)C(=O)c3ccccc32)cc1. The Labute approximate surface area is 186 Å². The number of benzene rings is 3. The molecule has 0 N–H and O–H groups in total. The minimum atomic E-state index is -3.92. The van der Waals surface area contributed by atoms with Gasteiger partial charge in [0.25, 0.3) is 10.0 Å². The van der Waals surface area contributed by atoms with Crippen molar-refractivity contribution in [1.82, 2.24) is 0 Å². The third-order valence-corrected chi connectivity index (χ3v) is 7.37. The summed E-state index contributed by atoms with van der Waals surface area (Å²) in [5, 5.41) is 0. The summed E-state index contributed by atoms with van der Waals surface area (Å²) in [5.41, 5.74) is 3.42. The van der Waals surface area contributed by atoms with E-state index in [9.17, 15) is 13.2 Å². The lowest BCUT2D eigenvalue weighted by atomic mass is 9.94. The fourth-order valence-electron chi connectivity index (χ4n) is 3.27. The van der Waals surface area contributed by atoms with E-state index in [1.807, 2.05) is 38.1 Å². The number of hydrogen-bond donors (Lipinski definition) is 0. The highest BCUT2D eigenvalue weighted by Gasteiger charge is 2.26. The Hall–Kier alpha value is -2.96. The lowest BCUT2D eigenvalue weighted by molar-refractivity contribution is 0.104. The molecule has 0 aliphatic heterocycles. The van der Waals surface area contributed by atoms with Crippen molar-refractivity contribution in [3.8, 4) is 0 Å². The quantitative estimate of drug-likeness (QED) is 0.510. The van der Waals surface area contributed by atoms with E-state index in [0.717, 1.165) is 22.4 Å². The normalized spacial score (nSPS) is 15.0. The molecule has 0 unspecified atom stereocenters. The van der Waals surface area contributed by atoms with Gasteiger partial charge in [0, 0.05) is 16.0 Å². The second kappa shape index (κ2) is 8.65. The third-order valence-electron chi connectivity index (χ3n) is 5.04. The van der Waals surface area contributed by atoms with Gasteiger partial charge >= 0.3 is 0 Å². The van der Waals surface area contributed by atoms with E-state index < -0.39 is 10.0 Å². The molecule has 4 rings (SSSR count). The Balaban J connectivity index is 1.78. The van der Waals surface area contributed by atoms with Crippen molar-refractivity contribution in [3.05, 3.63) is 106 Å². The van der Waals surface area contributed by atoms with Gasteiger partial charge in [-0.25, -0.2) is 0 Å². The molecule has 1 aliphatic rings. The van der Waals surface area contributed by atoms with Crippen molar-refractivity contribution in [3.63, 3.8) is 0 Å². The minimum absolute atomic E-state index is 0.132. The van der Waals surface area contributed by atoms with Crippen molar-refractivity contribution >= 4 is 33.3 Å². The first-order valence-corrected chi connectivity index (χ1v) is 12.2. The Morgan fingerprint density at radius 3 is 2.16 bits per heavy atom. The predicted octanol–water partition coefficient (Wildman–Crippen LogP) is 5.61. The van der Waals surface area contributed by atoms with Gasteiger partial charge in [-0.3, -0.25) is 4.79 Å². The second-order valence-electron chi connectivity index (χ2n) is 7.25. The first-order chi connectivity index (χ1) is 14.9. The highest BCUT2D eigenvalue weighted by atomic mass is 32.2. The van der Waals surface area contributed by atoms with E-state index in [0.29, 0.717) is 16.0 Å². The Bertz CT molecular complexity index is 1300. The van der Waals surface area contributed by atoms with Crippen molar-refractivity contribution in [2.75, 3.05) is 0 Å². The van der Waals surface area contributed by atoms with E-state index in [1.165, 1.54) is 11.8 Å². The number of Topliss-reactive ketones (excluding diaryl/α,β-unsaturated/α-hetero) is 1. The molecule has 0 bridgehead atoms. The Morgan fingerprint density at radius 1 is 0.871 bits per heavy atom. The van der Waals surface area contributed by atoms with Crippen molar-refractivity contribution in [2.45, 2.75) is 30.1 Å². The highest BCUT2D eigenvalue weighted by Crippen LogP contribution is 2.34.